The van der Waals surface area contributed by atoms with E-state index < -0.39 is 28.5 Å². The highest BCUT2D eigenvalue weighted by atomic mass is 35.5. The molecule has 0 spiro atoms. The number of hydrogen-bond acceptors (Lipinski definition) is 4. The predicted molar refractivity (Wildman–Crippen MR) is 140 cm³/mol. The summed E-state index contributed by atoms with van der Waals surface area (Å²) in [5, 5.41) is 3.57. The molecule has 2 amide bonds. The zero-order valence-corrected chi connectivity index (χ0v) is 22.1. The number of rotatable bonds is 10. The summed E-state index contributed by atoms with van der Waals surface area (Å²) in [5.41, 5.74) is 2.24. The quantitative estimate of drug-likeness (QED) is 0.507. The van der Waals surface area contributed by atoms with Gasteiger partial charge in [-0.2, -0.15) is 0 Å². The predicted octanol–water partition coefficient (Wildman–Crippen LogP) is 4.28. The van der Waals surface area contributed by atoms with E-state index in [0.29, 0.717) is 17.1 Å². The topological polar surface area (TPSA) is 86.8 Å². The van der Waals surface area contributed by atoms with Crippen LogP contribution in [-0.4, -0.2) is 50.0 Å². The first-order chi connectivity index (χ1) is 16.6. The van der Waals surface area contributed by atoms with Gasteiger partial charge in [0.2, 0.25) is 21.8 Å². The average Bonchev–Trinajstić information content (AvgIpc) is 3.31. The summed E-state index contributed by atoms with van der Waals surface area (Å²) in [6.45, 7) is 3.61. The summed E-state index contributed by atoms with van der Waals surface area (Å²) >= 11 is 5.97. The van der Waals surface area contributed by atoms with Crippen LogP contribution < -0.4 is 9.62 Å². The number of aryl methyl sites for hydroxylation is 1. The second kappa shape index (κ2) is 11.9. The van der Waals surface area contributed by atoms with Gasteiger partial charge in [0.1, 0.15) is 12.6 Å². The molecule has 0 aromatic heterocycles. The highest BCUT2D eigenvalue weighted by Gasteiger charge is 2.33. The van der Waals surface area contributed by atoms with Crippen molar-refractivity contribution in [2.24, 2.45) is 0 Å². The molecule has 1 atom stereocenters. The monoisotopic (exact) mass is 519 g/mol. The van der Waals surface area contributed by atoms with E-state index in [4.69, 9.17) is 11.6 Å². The Labute approximate surface area is 213 Å². The highest BCUT2D eigenvalue weighted by molar-refractivity contribution is 7.92. The van der Waals surface area contributed by atoms with Gasteiger partial charge in [-0.1, -0.05) is 55.6 Å². The second-order valence-electron chi connectivity index (χ2n) is 9.11. The minimum absolute atomic E-state index is 0.119. The van der Waals surface area contributed by atoms with Crippen molar-refractivity contribution in [2.75, 3.05) is 17.1 Å². The normalized spacial score (nSPS) is 15.0. The van der Waals surface area contributed by atoms with Gasteiger partial charge in [-0.3, -0.25) is 13.9 Å². The SMILES string of the molecule is CCC(C(=O)NC1CCCC1)N(Cc1ccccc1C)C(=O)CN(c1ccc(Cl)cc1)S(C)(=O)=O. The van der Waals surface area contributed by atoms with Crippen LogP contribution >= 0.6 is 11.6 Å². The van der Waals surface area contributed by atoms with Crippen LogP contribution in [0.15, 0.2) is 48.5 Å². The Morgan fingerprint density at radius 2 is 1.71 bits per heavy atom. The van der Waals surface area contributed by atoms with Crippen molar-refractivity contribution in [3.8, 4) is 0 Å². The molecule has 0 aliphatic heterocycles. The third-order valence-corrected chi connectivity index (χ3v) is 7.88. The molecule has 190 valence electrons. The molecule has 2 aromatic carbocycles. The maximum Gasteiger partial charge on any atom is 0.244 e. The number of anilines is 1. The maximum atomic E-state index is 13.7. The van der Waals surface area contributed by atoms with Crippen molar-refractivity contribution in [1.82, 2.24) is 10.2 Å². The molecule has 7 nitrogen and oxygen atoms in total. The van der Waals surface area contributed by atoms with Crippen LogP contribution in [0.3, 0.4) is 0 Å². The molecule has 0 saturated heterocycles. The van der Waals surface area contributed by atoms with Gasteiger partial charge in [0.05, 0.1) is 11.9 Å². The summed E-state index contributed by atoms with van der Waals surface area (Å²) in [6, 6.07) is 13.4. The van der Waals surface area contributed by atoms with Crippen molar-refractivity contribution < 1.29 is 18.0 Å². The number of carbonyl (C=O) groups is 2. The van der Waals surface area contributed by atoms with Gasteiger partial charge in [0.25, 0.3) is 0 Å². The van der Waals surface area contributed by atoms with Gasteiger partial charge < -0.3 is 10.2 Å². The zero-order valence-electron chi connectivity index (χ0n) is 20.5. The first kappa shape index (κ1) is 27.0. The molecular weight excluding hydrogens is 486 g/mol. The van der Waals surface area contributed by atoms with Gasteiger partial charge >= 0.3 is 0 Å². The van der Waals surface area contributed by atoms with E-state index in [1.165, 1.54) is 4.90 Å². The Hall–Kier alpha value is -2.58. The van der Waals surface area contributed by atoms with Crippen LogP contribution in [0.5, 0.6) is 0 Å². The Morgan fingerprint density at radius 3 is 2.29 bits per heavy atom. The van der Waals surface area contributed by atoms with Gasteiger partial charge in [-0.25, -0.2) is 8.42 Å². The first-order valence-corrected chi connectivity index (χ1v) is 14.2. The number of carbonyl (C=O) groups excluding carboxylic acids is 2. The average molecular weight is 520 g/mol. The lowest BCUT2D eigenvalue weighted by atomic mass is 10.1. The Morgan fingerprint density at radius 1 is 1.09 bits per heavy atom. The van der Waals surface area contributed by atoms with Crippen LogP contribution in [-0.2, 0) is 26.2 Å². The molecule has 0 radical (unpaired) electrons. The van der Waals surface area contributed by atoms with Gasteiger partial charge in [-0.15, -0.1) is 0 Å². The fourth-order valence-corrected chi connectivity index (χ4v) is 5.45. The van der Waals surface area contributed by atoms with E-state index in [0.717, 1.165) is 47.4 Å². The third kappa shape index (κ3) is 7.21. The van der Waals surface area contributed by atoms with E-state index in [2.05, 4.69) is 5.32 Å². The lowest BCUT2D eigenvalue weighted by Crippen LogP contribution is -2.53. The molecule has 1 N–H and O–H groups in total. The molecule has 2 aromatic rings. The van der Waals surface area contributed by atoms with E-state index in [1.54, 1.807) is 24.3 Å². The maximum absolute atomic E-state index is 13.7. The Bertz CT molecular complexity index is 1130. The highest BCUT2D eigenvalue weighted by Crippen LogP contribution is 2.23. The van der Waals surface area contributed by atoms with Crippen LogP contribution in [0.25, 0.3) is 0 Å². The minimum atomic E-state index is -3.77. The fraction of sp³-hybridized carbons (Fsp3) is 0.462. The molecule has 35 heavy (non-hydrogen) atoms. The van der Waals surface area contributed by atoms with Crippen molar-refractivity contribution in [2.45, 2.75) is 64.6 Å². The van der Waals surface area contributed by atoms with Crippen molar-refractivity contribution in [3.63, 3.8) is 0 Å². The first-order valence-electron chi connectivity index (χ1n) is 12.0. The van der Waals surface area contributed by atoms with E-state index in [1.807, 2.05) is 38.1 Å². The van der Waals surface area contributed by atoms with Crippen LogP contribution in [0.1, 0.15) is 50.2 Å². The van der Waals surface area contributed by atoms with Gasteiger partial charge in [0.15, 0.2) is 0 Å². The fourth-order valence-electron chi connectivity index (χ4n) is 4.48. The van der Waals surface area contributed by atoms with Crippen molar-refractivity contribution >= 4 is 39.1 Å². The number of benzene rings is 2. The Balaban J connectivity index is 1.92. The number of nitrogens with zero attached hydrogens (tertiary/aromatic N) is 2. The molecule has 1 unspecified atom stereocenters. The van der Waals surface area contributed by atoms with Gasteiger partial charge in [0, 0.05) is 17.6 Å². The molecule has 9 heteroatoms. The lowest BCUT2D eigenvalue weighted by molar-refractivity contribution is -0.140. The van der Waals surface area contributed by atoms with Crippen LogP contribution in [0.4, 0.5) is 5.69 Å². The third-order valence-electron chi connectivity index (χ3n) is 6.48. The molecular formula is C26H34ClN3O4S. The summed E-state index contributed by atoms with van der Waals surface area (Å²) in [4.78, 5) is 28.5. The molecule has 1 saturated carbocycles. The zero-order chi connectivity index (χ0) is 25.6. The summed E-state index contributed by atoms with van der Waals surface area (Å²) in [5.74, 6) is -0.638. The van der Waals surface area contributed by atoms with E-state index in [-0.39, 0.29) is 18.5 Å². The molecule has 1 fully saturated rings. The lowest BCUT2D eigenvalue weighted by Gasteiger charge is -2.33. The van der Waals surface area contributed by atoms with Crippen LogP contribution in [0, 0.1) is 6.92 Å². The van der Waals surface area contributed by atoms with Gasteiger partial charge in [-0.05, 0) is 61.6 Å². The largest absolute Gasteiger partial charge is 0.352 e. The molecule has 0 heterocycles. The van der Waals surface area contributed by atoms with Crippen LogP contribution in [0.2, 0.25) is 5.02 Å². The second-order valence-corrected chi connectivity index (χ2v) is 11.5. The Kier molecular flexibility index (Phi) is 9.19. The number of amides is 2. The molecule has 1 aliphatic rings. The van der Waals surface area contributed by atoms with Crippen molar-refractivity contribution in [1.29, 1.82) is 0 Å². The van der Waals surface area contributed by atoms with E-state index >= 15 is 0 Å². The standard InChI is InChI=1S/C26H34ClN3O4S/c1-4-24(26(32)28-22-11-7-8-12-22)29(17-20-10-6-5-9-19(20)2)25(31)18-30(35(3,33)34)23-15-13-21(27)14-16-23/h5-6,9-10,13-16,22,24H,4,7-8,11-12,17-18H2,1-3H3,(H,28,32). The summed E-state index contributed by atoms with van der Waals surface area (Å²) < 4.78 is 26.3. The summed E-state index contributed by atoms with van der Waals surface area (Å²) in [6.07, 6.45) is 5.51. The smallest absolute Gasteiger partial charge is 0.244 e. The molecule has 0 bridgehead atoms. The molecule has 3 rings (SSSR count). The minimum Gasteiger partial charge on any atom is -0.352 e. The molecule has 1 aliphatic carbocycles. The summed E-state index contributed by atoms with van der Waals surface area (Å²) in [7, 11) is -3.77. The number of hydrogen-bond donors (Lipinski definition) is 1. The number of sulfonamides is 1. The van der Waals surface area contributed by atoms with Crippen molar-refractivity contribution in [3.05, 3.63) is 64.7 Å². The van der Waals surface area contributed by atoms with E-state index in [9.17, 15) is 18.0 Å². The number of halogens is 1. The number of nitrogens with one attached hydrogen (secondary N) is 1.